The molecule has 7 heteroatoms. The van der Waals surface area contributed by atoms with Crippen LogP contribution in [0.5, 0.6) is 0 Å². The number of carbonyl (C=O) groups excluding carboxylic acids is 1. The zero-order valence-corrected chi connectivity index (χ0v) is 18.7. The van der Waals surface area contributed by atoms with Crippen molar-refractivity contribution in [2.45, 2.75) is 31.0 Å². The number of hydrogen-bond donors (Lipinski definition) is 0. The van der Waals surface area contributed by atoms with Gasteiger partial charge in [0.25, 0.3) is 5.91 Å². The van der Waals surface area contributed by atoms with Gasteiger partial charge in [-0.2, -0.15) is 4.31 Å². The second-order valence-electron chi connectivity index (χ2n) is 7.97. The molecule has 1 fully saturated rings. The van der Waals surface area contributed by atoms with E-state index >= 15 is 0 Å². The van der Waals surface area contributed by atoms with Gasteiger partial charge in [-0.15, -0.1) is 0 Å². The summed E-state index contributed by atoms with van der Waals surface area (Å²) in [5.74, 6) is -0.200. The van der Waals surface area contributed by atoms with Gasteiger partial charge in [-0.1, -0.05) is 36.4 Å². The van der Waals surface area contributed by atoms with Crippen LogP contribution in [0.15, 0.2) is 71.6 Å². The Labute approximate surface area is 183 Å². The van der Waals surface area contributed by atoms with Crippen molar-refractivity contribution in [1.29, 1.82) is 0 Å². The summed E-state index contributed by atoms with van der Waals surface area (Å²) >= 11 is 0. The van der Waals surface area contributed by atoms with E-state index in [1.54, 1.807) is 24.1 Å². The van der Waals surface area contributed by atoms with Crippen LogP contribution < -0.4 is 4.90 Å². The quantitative estimate of drug-likeness (QED) is 0.619. The van der Waals surface area contributed by atoms with Crippen LogP contribution in [0.25, 0.3) is 10.8 Å². The normalized spacial score (nSPS) is 20.0. The number of amides is 1. The molecule has 162 valence electrons. The highest BCUT2D eigenvalue weighted by molar-refractivity contribution is 7.89. The largest absolute Gasteiger partial charge is 0.373 e. The topological polar surface area (TPSA) is 66.9 Å². The number of benzene rings is 3. The molecule has 3 aromatic rings. The summed E-state index contributed by atoms with van der Waals surface area (Å²) in [5, 5.41) is 2.03. The van der Waals surface area contributed by atoms with Gasteiger partial charge in [0.15, 0.2) is 0 Å². The molecular formula is C24H26N2O4S. The van der Waals surface area contributed by atoms with E-state index in [0.29, 0.717) is 18.7 Å². The molecule has 3 aromatic carbocycles. The fourth-order valence-electron chi connectivity index (χ4n) is 4.05. The zero-order chi connectivity index (χ0) is 22.2. The van der Waals surface area contributed by atoms with Crippen molar-refractivity contribution in [3.8, 4) is 0 Å². The lowest BCUT2D eigenvalue weighted by atomic mass is 10.1. The molecule has 0 spiro atoms. The third kappa shape index (κ3) is 4.21. The first-order chi connectivity index (χ1) is 14.8. The molecule has 2 unspecified atom stereocenters. The molecule has 1 aliphatic heterocycles. The minimum Gasteiger partial charge on any atom is -0.373 e. The molecule has 0 saturated carbocycles. The number of sulfonamides is 1. The number of ether oxygens (including phenoxy) is 1. The number of rotatable bonds is 4. The first-order valence-corrected chi connectivity index (χ1v) is 11.7. The smallest absolute Gasteiger partial charge is 0.258 e. The molecule has 0 bridgehead atoms. The van der Waals surface area contributed by atoms with E-state index in [0.717, 1.165) is 16.5 Å². The zero-order valence-electron chi connectivity index (χ0n) is 17.9. The fourth-order valence-corrected chi connectivity index (χ4v) is 5.64. The Bertz CT molecular complexity index is 1190. The van der Waals surface area contributed by atoms with Gasteiger partial charge in [0.1, 0.15) is 0 Å². The molecule has 31 heavy (non-hydrogen) atoms. The number of carbonyl (C=O) groups is 1. The van der Waals surface area contributed by atoms with Gasteiger partial charge >= 0.3 is 0 Å². The summed E-state index contributed by atoms with van der Waals surface area (Å²) in [6.45, 7) is 4.36. The van der Waals surface area contributed by atoms with E-state index in [4.69, 9.17) is 4.74 Å². The monoisotopic (exact) mass is 438 g/mol. The summed E-state index contributed by atoms with van der Waals surface area (Å²) in [7, 11) is -1.92. The molecule has 0 aromatic heterocycles. The maximum absolute atomic E-state index is 13.1. The summed E-state index contributed by atoms with van der Waals surface area (Å²) in [6.07, 6.45) is -0.317. The van der Waals surface area contributed by atoms with Gasteiger partial charge in [0.05, 0.1) is 22.8 Å². The van der Waals surface area contributed by atoms with E-state index in [1.165, 1.54) is 16.4 Å². The third-order valence-corrected chi connectivity index (χ3v) is 7.40. The van der Waals surface area contributed by atoms with Crippen LogP contribution in [0.2, 0.25) is 0 Å². The number of hydrogen-bond acceptors (Lipinski definition) is 4. The fraction of sp³-hybridized carbons (Fsp3) is 0.292. The number of morpholine rings is 1. The van der Waals surface area contributed by atoms with Crippen LogP contribution in [0.3, 0.4) is 0 Å². The average Bonchev–Trinajstić information content (AvgIpc) is 2.77. The number of fused-ring (bicyclic) bond motifs is 1. The summed E-state index contributed by atoms with van der Waals surface area (Å²) in [6, 6.07) is 19.9. The Kier molecular flexibility index (Phi) is 5.83. The standard InChI is InChI=1S/C24H26N2O4S/c1-17-15-26(16-18(2)30-17)31(28,29)21-13-11-20(12-14-21)24(27)25(3)23-10-6-8-19-7-4-5-9-22(19)23/h4-14,17-18H,15-16H2,1-3H3. The van der Waals surface area contributed by atoms with Gasteiger partial charge in [-0.3, -0.25) is 4.79 Å². The van der Waals surface area contributed by atoms with Crippen molar-refractivity contribution in [3.63, 3.8) is 0 Å². The summed E-state index contributed by atoms with van der Waals surface area (Å²) in [4.78, 5) is 14.9. The van der Waals surface area contributed by atoms with Crippen molar-refractivity contribution in [3.05, 3.63) is 72.3 Å². The predicted octanol–water partition coefficient (Wildman–Crippen LogP) is 3.91. The lowest BCUT2D eigenvalue weighted by molar-refractivity contribution is -0.0440. The minimum atomic E-state index is -3.64. The van der Waals surface area contributed by atoms with Crippen molar-refractivity contribution in [1.82, 2.24) is 4.31 Å². The molecule has 1 aliphatic rings. The molecule has 6 nitrogen and oxygen atoms in total. The Hall–Kier alpha value is -2.74. The Morgan fingerprint density at radius 3 is 2.23 bits per heavy atom. The molecule has 1 heterocycles. The van der Waals surface area contributed by atoms with Gasteiger partial charge < -0.3 is 9.64 Å². The van der Waals surface area contributed by atoms with Crippen LogP contribution in [-0.2, 0) is 14.8 Å². The SMILES string of the molecule is CC1CN(S(=O)(=O)c2ccc(C(=O)N(C)c3cccc4ccccc34)cc2)CC(C)O1. The van der Waals surface area contributed by atoms with Crippen molar-refractivity contribution < 1.29 is 17.9 Å². The maximum atomic E-state index is 13.1. The first kappa shape index (κ1) is 21.5. The van der Waals surface area contributed by atoms with E-state index in [-0.39, 0.29) is 23.0 Å². The third-order valence-electron chi connectivity index (χ3n) is 5.56. The van der Waals surface area contributed by atoms with Crippen molar-refractivity contribution >= 4 is 32.4 Å². The van der Waals surface area contributed by atoms with Gasteiger partial charge in [-0.05, 0) is 49.6 Å². The van der Waals surface area contributed by atoms with E-state index < -0.39 is 10.0 Å². The number of nitrogens with zero attached hydrogens (tertiary/aromatic N) is 2. The lowest BCUT2D eigenvalue weighted by Gasteiger charge is -2.34. The summed E-state index contributed by atoms with van der Waals surface area (Å²) in [5.41, 5.74) is 1.23. The highest BCUT2D eigenvalue weighted by Gasteiger charge is 2.32. The highest BCUT2D eigenvalue weighted by atomic mass is 32.2. The second kappa shape index (κ2) is 8.42. The van der Waals surface area contributed by atoms with Gasteiger partial charge in [0.2, 0.25) is 10.0 Å². The van der Waals surface area contributed by atoms with Gasteiger partial charge in [0, 0.05) is 31.1 Å². The lowest BCUT2D eigenvalue weighted by Crippen LogP contribution is -2.48. The average molecular weight is 439 g/mol. The Morgan fingerprint density at radius 1 is 0.935 bits per heavy atom. The molecule has 4 rings (SSSR count). The second-order valence-corrected chi connectivity index (χ2v) is 9.90. The van der Waals surface area contributed by atoms with Crippen molar-refractivity contribution in [2.75, 3.05) is 25.0 Å². The first-order valence-electron chi connectivity index (χ1n) is 10.3. The van der Waals surface area contributed by atoms with Crippen LogP contribution >= 0.6 is 0 Å². The van der Waals surface area contributed by atoms with Crippen molar-refractivity contribution in [2.24, 2.45) is 0 Å². The van der Waals surface area contributed by atoms with Gasteiger partial charge in [-0.25, -0.2) is 8.42 Å². The van der Waals surface area contributed by atoms with Crippen LogP contribution in [0, 0.1) is 0 Å². The maximum Gasteiger partial charge on any atom is 0.258 e. The van der Waals surface area contributed by atoms with Crippen LogP contribution in [0.1, 0.15) is 24.2 Å². The number of anilines is 1. The molecule has 1 amide bonds. The van der Waals surface area contributed by atoms with E-state index in [1.807, 2.05) is 56.3 Å². The van der Waals surface area contributed by atoms with E-state index in [9.17, 15) is 13.2 Å². The minimum absolute atomic E-state index is 0.159. The molecule has 1 saturated heterocycles. The van der Waals surface area contributed by atoms with Crippen LogP contribution in [-0.4, -0.2) is 51.0 Å². The molecular weight excluding hydrogens is 412 g/mol. The molecule has 0 N–H and O–H groups in total. The Morgan fingerprint density at radius 2 is 1.55 bits per heavy atom. The molecule has 2 atom stereocenters. The predicted molar refractivity (Wildman–Crippen MR) is 122 cm³/mol. The summed E-state index contributed by atoms with van der Waals surface area (Å²) < 4.78 is 33.2. The molecule has 0 aliphatic carbocycles. The molecule has 0 radical (unpaired) electrons. The Balaban J connectivity index is 1.58. The highest BCUT2D eigenvalue weighted by Crippen LogP contribution is 2.27. The van der Waals surface area contributed by atoms with Crippen LogP contribution in [0.4, 0.5) is 5.69 Å². The van der Waals surface area contributed by atoms with E-state index in [2.05, 4.69) is 0 Å².